The van der Waals surface area contributed by atoms with E-state index in [1.54, 1.807) is 14.2 Å². The van der Waals surface area contributed by atoms with Crippen LogP contribution in [0.1, 0.15) is 31.6 Å². The van der Waals surface area contributed by atoms with E-state index in [-0.39, 0.29) is 25.9 Å². The van der Waals surface area contributed by atoms with Gasteiger partial charge in [-0.3, -0.25) is 0 Å². The van der Waals surface area contributed by atoms with Crippen LogP contribution in [-0.4, -0.2) is 52.7 Å². The number of ether oxygens (including phenoxy) is 2. The Morgan fingerprint density at radius 2 is 1.86 bits per heavy atom. The Morgan fingerprint density at radius 3 is 2.33 bits per heavy atom. The Hall–Kier alpha value is -0.191. The van der Waals surface area contributed by atoms with Gasteiger partial charge in [-0.25, -0.2) is 0 Å². The van der Waals surface area contributed by atoms with E-state index >= 15 is 0 Å². The number of aliphatic hydroxyl groups excluding tert-OH is 1. The molecular weight excluding hydrogens is 351 g/mol. The molecule has 120 valence electrons. The van der Waals surface area contributed by atoms with Crippen LogP contribution >= 0.6 is 11.8 Å². The first kappa shape index (κ1) is 18.9. The number of thioether (sulfide) groups is 1. The fraction of sp³-hybridized carbons (Fsp3) is 0.625. The van der Waals surface area contributed by atoms with Crippen LogP contribution in [0.15, 0.2) is 18.2 Å². The average molecular weight is 377 g/mol. The van der Waals surface area contributed by atoms with Crippen molar-refractivity contribution in [2.75, 3.05) is 20.5 Å². The predicted molar refractivity (Wildman–Crippen MR) is 92.2 cm³/mol. The van der Waals surface area contributed by atoms with E-state index in [1.807, 2.05) is 37.7 Å². The van der Waals surface area contributed by atoms with Crippen LogP contribution in [0, 0.1) is 0 Å². The van der Waals surface area contributed by atoms with Gasteiger partial charge >= 0.3 is 139 Å². The molecule has 1 rings (SSSR count). The van der Waals surface area contributed by atoms with Gasteiger partial charge in [-0.05, 0) is 0 Å². The topological polar surface area (TPSA) is 38.7 Å². The SMILES string of the molecule is COc1cccc([C@H](C)SC)c1[Se][C@@H]([C@@H](C)O)[C@@H](C)OC. The zero-order valence-electron chi connectivity index (χ0n) is 13.6. The third kappa shape index (κ3) is 4.90. The quantitative estimate of drug-likeness (QED) is 0.707. The van der Waals surface area contributed by atoms with E-state index in [2.05, 4.69) is 19.2 Å². The first-order valence-corrected chi connectivity index (χ1v) is 10.2. The van der Waals surface area contributed by atoms with E-state index in [9.17, 15) is 5.11 Å². The summed E-state index contributed by atoms with van der Waals surface area (Å²) in [6.07, 6.45) is 1.74. The molecular formula is C16H26O3SSe. The summed E-state index contributed by atoms with van der Waals surface area (Å²) in [5, 5.41) is 10.5. The number of hydrogen-bond acceptors (Lipinski definition) is 4. The summed E-state index contributed by atoms with van der Waals surface area (Å²) in [5.74, 6) is 0.919. The molecule has 0 heterocycles. The van der Waals surface area contributed by atoms with Gasteiger partial charge in [0.25, 0.3) is 0 Å². The van der Waals surface area contributed by atoms with Crippen LogP contribution in [0.4, 0.5) is 0 Å². The fourth-order valence-corrected chi connectivity index (χ4v) is 5.72. The van der Waals surface area contributed by atoms with Crippen LogP contribution in [0.3, 0.4) is 0 Å². The molecule has 0 radical (unpaired) electrons. The minimum absolute atomic E-state index is 0.0207. The first-order valence-electron chi connectivity index (χ1n) is 7.03. The molecule has 5 heteroatoms. The maximum absolute atomic E-state index is 10.1. The number of methoxy groups -OCH3 is 2. The Morgan fingerprint density at radius 1 is 1.19 bits per heavy atom. The van der Waals surface area contributed by atoms with Crippen LogP contribution in [0.2, 0.25) is 4.82 Å². The number of aliphatic hydroxyl groups is 1. The van der Waals surface area contributed by atoms with Crippen LogP contribution in [-0.2, 0) is 4.74 Å². The molecule has 1 N–H and O–H groups in total. The summed E-state index contributed by atoms with van der Waals surface area (Å²) >= 11 is 1.90. The molecule has 0 aliphatic carbocycles. The zero-order valence-corrected chi connectivity index (χ0v) is 16.2. The predicted octanol–water partition coefficient (Wildman–Crippen LogP) is 2.65. The summed E-state index contributed by atoms with van der Waals surface area (Å²) in [6.45, 7) is 6.07. The molecule has 0 saturated heterocycles. The summed E-state index contributed by atoms with van der Waals surface area (Å²) < 4.78 is 12.3. The molecule has 0 spiro atoms. The van der Waals surface area contributed by atoms with Crippen LogP contribution in [0.25, 0.3) is 0 Å². The van der Waals surface area contributed by atoms with Gasteiger partial charge in [0.2, 0.25) is 0 Å². The average Bonchev–Trinajstić information content (AvgIpc) is 2.50. The molecule has 4 atom stereocenters. The standard InChI is InChI=1S/C16H26O3SSe/c1-10(17)15(11(2)18-4)21-16-13(12(3)20-6)8-7-9-14(16)19-5/h7-12,15,17H,1-6H3/t10-,11-,12+,15+/m1/s1. The Bertz CT molecular complexity index is 440. The van der Waals surface area contributed by atoms with E-state index in [0.29, 0.717) is 5.25 Å². The molecule has 1 aromatic rings. The van der Waals surface area contributed by atoms with Crippen molar-refractivity contribution in [3.8, 4) is 5.75 Å². The molecule has 0 aliphatic heterocycles. The summed E-state index contributed by atoms with van der Waals surface area (Å²) in [6, 6.07) is 6.21. The van der Waals surface area contributed by atoms with Gasteiger partial charge in [0.05, 0.1) is 0 Å². The van der Waals surface area contributed by atoms with Crippen molar-refractivity contribution >= 4 is 31.2 Å². The minimum atomic E-state index is -0.401. The van der Waals surface area contributed by atoms with Crippen LogP contribution < -0.4 is 9.20 Å². The van der Waals surface area contributed by atoms with Gasteiger partial charge in [-0.1, -0.05) is 0 Å². The molecule has 0 aliphatic rings. The van der Waals surface area contributed by atoms with Crippen LogP contribution in [0.5, 0.6) is 5.75 Å². The molecule has 21 heavy (non-hydrogen) atoms. The third-order valence-electron chi connectivity index (χ3n) is 3.58. The van der Waals surface area contributed by atoms with Crippen molar-refractivity contribution in [1.29, 1.82) is 0 Å². The molecule has 0 aromatic heterocycles. The number of rotatable bonds is 8. The van der Waals surface area contributed by atoms with E-state index in [4.69, 9.17) is 9.47 Å². The molecule has 0 saturated carbocycles. The van der Waals surface area contributed by atoms with Gasteiger partial charge in [0.15, 0.2) is 0 Å². The third-order valence-corrected chi connectivity index (χ3v) is 8.16. The van der Waals surface area contributed by atoms with Gasteiger partial charge in [-0.2, -0.15) is 0 Å². The van der Waals surface area contributed by atoms with Gasteiger partial charge in [-0.15, -0.1) is 0 Å². The molecule has 0 fully saturated rings. The summed E-state index contributed by atoms with van der Waals surface area (Å²) in [4.78, 5) is 0.103. The molecule has 3 nitrogen and oxygen atoms in total. The normalized spacial score (nSPS) is 17.1. The summed E-state index contributed by atoms with van der Waals surface area (Å²) in [7, 11) is 3.41. The van der Waals surface area contributed by atoms with Crippen molar-refractivity contribution in [1.82, 2.24) is 0 Å². The van der Waals surface area contributed by atoms with Gasteiger partial charge in [0, 0.05) is 0 Å². The second kappa shape index (κ2) is 9.06. The summed E-state index contributed by atoms with van der Waals surface area (Å²) in [5.41, 5.74) is 1.30. The second-order valence-corrected chi connectivity index (χ2v) is 8.69. The van der Waals surface area contributed by atoms with Gasteiger partial charge in [0.1, 0.15) is 0 Å². The van der Waals surface area contributed by atoms with Gasteiger partial charge < -0.3 is 0 Å². The first-order chi connectivity index (χ1) is 9.96. The Kier molecular flexibility index (Phi) is 8.14. The Labute approximate surface area is 139 Å². The van der Waals surface area contributed by atoms with E-state index in [0.717, 1.165) is 5.75 Å². The van der Waals surface area contributed by atoms with E-state index in [1.165, 1.54) is 10.0 Å². The molecule has 1 aromatic carbocycles. The van der Waals surface area contributed by atoms with Crippen molar-refractivity contribution in [3.05, 3.63) is 23.8 Å². The Balaban J connectivity index is 3.19. The fourth-order valence-electron chi connectivity index (χ4n) is 2.12. The molecule has 0 bridgehead atoms. The number of benzene rings is 1. The van der Waals surface area contributed by atoms with Crippen molar-refractivity contribution in [3.63, 3.8) is 0 Å². The van der Waals surface area contributed by atoms with Crippen molar-refractivity contribution in [2.45, 2.75) is 43.0 Å². The zero-order chi connectivity index (χ0) is 16.0. The maximum atomic E-state index is 10.1. The monoisotopic (exact) mass is 378 g/mol. The number of hydrogen-bond donors (Lipinski definition) is 1. The van der Waals surface area contributed by atoms with E-state index < -0.39 is 6.10 Å². The van der Waals surface area contributed by atoms with Crippen molar-refractivity contribution < 1.29 is 14.6 Å². The molecule has 0 amide bonds. The molecule has 0 unspecified atom stereocenters. The van der Waals surface area contributed by atoms with Crippen molar-refractivity contribution in [2.24, 2.45) is 0 Å². The second-order valence-electron chi connectivity index (χ2n) is 5.02.